The summed E-state index contributed by atoms with van der Waals surface area (Å²) < 4.78 is 5.38. The van der Waals surface area contributed by atoms with Crippen LogP contribution in [0.15, 0.2) is 0 Å². The molecule has 0 saturated carbocycles. The highest BCUT2D eigenvalue weighted by molar-refractivity contribution is 4.95. The van der Waals surface area contributed by atoms with Crippen LogP contribution in [0.2, 0.25) is 0 Å². The van der Waals surface area contributed by atoms with Gasteiger partial charge in [0.15, 0.2) is 0 Å². The van der Waals surface area contributed by atoms with Crippen molar-refractivity contribution >= 4 is 0 Å². The number of likely N-dealkylation sites (tertiary alicyclic amines) is 1. The molecule has 3 atom stereocenters. The normalized spacial score (nSPS) is 30.7. The SMILES string of the molecule is CCCNC1CCN(C(C)(C)COC)C(C)C1C. The number of nitrogens with one attached hydrogen (secondary N) is 1. The second-order valence-electron chi connectivity index (χ2n) is 6.39. The van der Waals surface area contributed by atoms with Crippen LogP contribution >= 0.6 is 0 Å². The zero-order chi connectivity index (χ0) is 13.8. The van der Waals surface area contributed by atoms with Gasteiger partial charge in [-0.25, -0.2) is 0 Å². The molecule has 3 unspecified atom stereocenters. The molecule has 3 nitrogen and oxygen atoms in total. The van der Waals surface area contributed by atoms with E-state index in [-0.39, 0.29) is 5.54 Å². The number of hydrogen-bond acceptors (Lipinski definition) is 3. The first-order chi connectivity index (χ1) is 8.44. The lowest BCUT2D eigenvalue weighted by molar-refractivity contribution is -0.0328. The standard InChI is InChI=1S/C15H32N2O/c1-7-9-16-14-8-10-17(13(3)12(14)2)15(4,5)11-18-6/h12-14,16H,7-11H2,1-6H3. The maximum atomic E-state index is 5.38. The second kappa shape index (κ2) is 6.88. The van der Waals surface area contributed by atoms with Crippen LogP contribution in [0.25, 0.3) is 0 Å². The molecule has 1 N–H and O–H groups in total. The predicted octanol–water partition coefficient (Wildman–Crippen LogP) is 2.51. The summed E-state index contributed by atoms with van der Waals surface area (Å²) in [5.74, 6) is 0.696. The number of piperidine rings is 1. The van der Waals surface area contributed by atoms with Crippen molar-refractivity contribution in [1.82, 2.24) is 10.2 Å². The molecule has 1 heterocycles. The van der Waals surface area contributed by atoms with E-state index < -0.39 is 0 Å². The van der Waals surface area contributed by atoms with Gasteiger partial charge in [-0.3, -0.25) is 4.90 Å². The van der Waals surface area contributed by atoms with Crippen LogP contribution in [0.5, 0.6) is 0 Å². The van der Waals surface area contributed by atoms with Crippen LogP contribution in [-0.4, -0.2) is 49.3 Å². The van der Waals surface area contributed by atoms with E-state index in [9.17, 15) is 0 Å². The van der Waals surface area contributed by atoms with Gasteiger partial charge in [-0.05, 0) is 46.1 Å². The van der Waals surface area contributed by atoms with E-state index in [1.807, 2.05) is 0 Å². The maximum absolute atomic E-state index is 5.38. The van der Waals surface area contributed by atoms with Crippen molar-refractivity contribution in [3.05, 3.63) is 0 Å². The molecule has 1 rings (SSSR count). The van der Waals surface area contributed by atoms with Crippen LogP contribution < -0.4 is 5.32 Å². The number of hydrogen-bond donors (Lipinski definition) is 1. The van der Waals surface area contributed by atoms with Crippen LogP contribution in [-0.2, 0) is 4.74 Å². The number of rotatable bonds is 6. The molecule has 0 aliphatic carbocycles. The minimum atomic E-state index is 0.137. The van der Waals surface area contributed by atoms with Gasteiger partial charge in [0, 0.05) is 31.3 Å². The van der Waals surface area contributed by atoms with Crippen molar-refractivity contribution in [3.8, 4) is 0 Å². The lowest BCUT2D eigenvalue weighted by Crippen LogP contribution is -2.61. The third-order valence-corrected chi connectivity index (χ3v) is 4.50. The van der Waals surface area contributed by atoms with E-state index >= 15 is 0 Å². The summed E-state index contributed by atoms with van der Waals surface area (Å²) in [5, 5.41) is 3.70. The smallest absolute Gasteiger partial charge is 0.0641 e. The average molecular weight is 256 g/mol. The fourth-order valence-corrected chi connectivity index (χ4v) is 3.27. The molecular formula is C15H32N2O. The second-order valence-corrected chi connectivity index (χ2v) is 6.39. The van der Waals surface area contributed by atoms with Gasteiger partial charge in [0.1, 0.15) is 0 Å². The molecule has 3 heteroatoms. The van der Waals surface area contributed by atoms with Crippen molar-refractivity contribution in [1.29, 1.82) is 0 Å². The van der Waals surface area contributed by atoms with Gasteiger partial charge in [-0.1, -0.05) is 13.8 Å². The van der Waals surface area contributed by atoms with Crippen LogP contribution in [0, 0.1) is 5.92 Å². The average Bonchev–Trinajstić information content (AvgIpc) is 2.30. The number of methoxy groups -OCH3 is 1. The Bertz CT molecular complexity index is 243. The van der Waals surface area contributed by atoms with Crippen molar-refractivity contribution < 1.29 is 4.74 Å². The van der Waals surface area contributed by atoms with Crippen LogP contribution in [0.3, 0.4) is 0 Å². The van der Waals surface area contributed by atoms with Crippen LogP contribution in [0.4, 0.5) is 0 Å². The zero-order valence-electron chi connectivity index (χ0n) is 13.1. The Labute approximate surface area is 113 Å². The van der Waals surface area contributed by atoms with Crippen molar-refractivity contribution in [2.24, 2.45) is 5.92 Å². The van der Waals surface area contributed by atoms with Gasteiger partial charge in [0.2, 0.25) is 0 Å². The first-order valence-electron chi connectivity index (χ1n) is 7.43. The minimum absolute atomic E-state index is 0.137. The van der Waals surface area contributed by atoms with Gasteiger partial charge in [0.05, 0.1) is 6.61 Å². The molecule has 0 aromatic carbocycles. The maximum Gasteiger partial charge on any atom is 0.0641 e. The van der Waals surface area contributed by atoms with E-state index in [0.29, 0.717) is 18.0 Å². The Morgan fingerprint density at radius 3 is 2.56 bits per heavy atom. The quantitative estimate of drug-likeness (QED) is 0.790. The van der Waals surface area contributed by atoms with Crippen molar-refractivity contribution in [3.63, 3.8) is 0 Å². The predicted molar refractivity (Wildman–Crippen MR) is 78.0 cm³/mol. The third kappa shape index (κ3) is 3.69. The van der Waals surface area contributed by atoms with E-state index in [1.54, 1.807) is 7.11 Å². The van der Waals surface area contributed by atoms with Gasteiger partial charge >= 0.3 is 0 Å². The highest BCUT2D eigenvalue weighted by Crippen LogP contribution is 2.30. The van der Waals surface area contributed by atoms with E-state index in [1.165, 1.54) is 19.4 Å². The molecule has 1 saturated heterocycles. The van der Waals surface area contributed by atoms with E-state index in [4.69, 9.17) is 4.74 Å². The summed E-state index contributed by atoms with van der Waals surface area (Å²) in [6.07, 6.45) is 2.47. The van der Waals surface area contributed by atoms with Gasteiger partial charge in [0.25, 0.3) is 0 Å². The molecule has 0 bridgehead atoms. The molecule has 0 aromatic heterocycles. The summed E-state index contributed by atoms with van der Waals surface area (Å²) in [4.78, 5) is 2.62. The summed E-state index contributed by atoms with van der Waals surface area (Å²) >= 11 is 0. The molecule has 108 valence electrons. The number of nitrogens with zero attached hydrogens (tertiary/aromatic N) is 1. The Morgan fingerprint density at radius 2 is 2.00 bits per heavy atom. The Morgan fingerprint density at radius 1 is 1.33 bits per heavy atom. The molecule has 18 heavy (non-hydrogen) atoms. The molecule has 0 amide bonds. The number of ether oxygens (including phenoxy) is 1. The Balaban J connectivity index is 2.62. The van der Waals surface area contributed by atoms with Gasteiger partial charge in [-0.2, -0.15) is 0 Å². The molecule has 1 aliphatic rings. The first-order valence-corrected chi connectivity index (χ1v) is 7.43. The Kier molecular flexibility index (Phi) is 6.09. The lowest BCUT2D eigenvalue weighted by Gasteiger charge is -2.50. The summed E-state index contributed by atoms with van der Waals surface area (Å²) in [6, 6.07) is 1.29. The van der Waals surface area contributed by atoms with E-state index in [2.05, 4.69) is 44.8 Å². The summed E-state index contributed by atoms with van der Waals surface area (Å²) in [6.45, 7) is 14.7. The summed E-state index contributed by atoms with van der Waals surface area (Å²) in [5.41, 5.74) is 0.137. The van der Waals surface area contributed by atoms with E-state index in [0.717, 1.165) is 13.2 Å². The summed E-state index contributed by atoms with van der Waals surface area (Å²) in [7, 11) is 1.80. The fraction of sp³-hybridized carbons (Fsp3) is 1.00. The zero-order valence-corrected chi connectivity index (χ0v) is 13.1. The van der Waals surface area contributed by atoms with Gasteiger partial charge in [-0.15, -0.1) is 0 Å². The lowest BCUT2D eigenvalue weighted by atomic mass is 9.83. The first kappa shape index (κ1) is 15.9. The molecule has 0 radical (unpaired) electrons. The van der Waals surface area contributed by atoms with Crippen molar-refractivity contribution in [2.75, 3.05) is 26.8 Å². The minimum Gasteiger partial charge on any atom is -0.383 e. The highest BCUT2D eigenvalue weighted by Gasteiger charge is 2.38. The topological polar surface area (TPSA) is 24.5 Å². The molecule has 0 aromatic rings. The highest BCUT2D eigenvalue weighted by atomic mass is 16.5. The molecule has 0 spiro atoms. The third-order valence-electron chi connectivity index (χ3n) is 4.50. The van der Waals surface area contributed by atoms with Gasteiger partial charge < -0.3 is 10.1 Å². The molecule has 1 fully saturated rings. The molecular weight excluding hydrogens is 224 g/mol. The van der Waals surface area contributed by atoms with Crippen LogP contribution in [0.1, 0.15) is 47.5 Å². The fourth-order valence-electron chi connectivity index (χ4n) is 3.27. The Hall–Kier alpha value is -0.120. The largest absolute Gasteiger partial charge is 0.383 e. The van der Waals surface area contributed by atoms with Crippen molar-refractivity contribution in [2.45, 2.75) is 65.1 Å². The monoisotopic (exact) mass is 256 g/mol. The molecule has 1 aliphatic heterocycles.